The van der Waals surface area contributed by atoms with Crippen LogP contribution in [0.1, 0.15) is 68.7 Å². The van der Waals surface area contributed by atoms with Gasteiger partial charge in [-0.05, 0) is 47.7 Å². The number of carbonyl (C=O) groups excluding carboxylic acids is 2. The molecule has 1 aliphatic rings. The summed E-state index contributed by atoms with van der Waals surface area (Å²) in [5.41, 5.74) is 2.61. The summed E-state index contributed by atoms with van der Waals surface area (Å²) in [6, 6.07) is 14.0. The van der Waals surface area contributed by atoms with Crippen LogP contribution in [0.25, 0.3) is 5.76 Å². The van der Waals surface area contributed by atoms with Crippen molar-refractivity contribution in [3.63, 3.8) is 0 Å². The second kappa shape index (κ2) is 9.48. The summed E-state index contributed by atoms with van der Waals surface area (Å²) in [4.78, 5) is 27.4. The zero-order chi connectivity index (χ0) is 21.8. The predicted octanol–water partition coefficient (Wildman–Crippen LogP) is 6.08. The number of halogens is 1. The fourth-order valence-corrected chi connectivity index (χ4v) is 3.94. The molecule has 30 heavy (non-hydrogen) atoms. The average molecular weight is 426 g/mol. The van der Waals surface area contributed by atoms with Gasteiger partial charge in [-0.15, -0.1) is 0 Å². The number of aliphatic hydroxyl groups excluding tert-OH is 1. The highest BCUT2D eigenvalue weighted by Crippen LogP contribution is 2.40. The normalized spacial score (nSPS) is 18.4. The number of unbranched alkanes of at least 4 members (excludes halogenated alkanes) is 2. The Kier molecular flexibility index (Phi) is 6.99. The lowest BCUT2D eigenvalue weighted by Crippen LogP contribution is -2.30. The summed E-state index contributed by atoms with van der Waals surface area (Å²) in [5, 5.41) is 11.5. The molecule has 1 unspecified atom stereocenters. The van der Waals surface area contributed by atoms with Gasteiger partial charge in [-0.3, -0.25) is 9.59 Å². The van der Waals surface area contributed by atoms with E-state index in [0.29, 0.717) is 23.0 Å². The van der Waals surface area contributed by atoms with E-state index in [-0.39, 0.29) is 11.3 Å². The lowest BCUT2D eigenvalue weighted by molar-refractivity contribution is -0.139. The topological polar surface area (TPSA) is 57.6 Å². The Morgan fingerprint density at radius 3 is 2.23 bits per heavy atom. The Morgan fingerprint density at radius 1 is 1.03 bits per heavy atom. The van der Waals surface area contributed by atoms with E-state index in [4.69, 9.17) is 11.6 Å². The van der Waals surface area contributed by atoms with Gasteiger partial charge in [-0.25, -0.2) is 0 Å². The summed E-state index contributed by atoms with van der Waals surface area (Å²) in [7, 11) is 0. The minimum atomic E-state index is -0.642. The first-order valence-electron chi connectivity index (χ1n) is 10.5. The maximum Gasteiger partial charge on any atom is 0.295 e. The molecule has 4 nitrogen and oxygen atoms in total. The van der Waals surface area contributed by atoms with Crippen molar-refractivity contribution in [2.24, 2.45) is 0 Å². The molecule has 0 radical (unpaired) electrons. The van der Waals surface area contributed by atoms with Crippen LogP contribution in [0.4, 0.5) is 0 Å². The molecule has 0 bridgehead atoms. The van der Waals surface area contributed by atoms with Crippen LogP contribution in [-0.2, 0) is 9.59 Å². The second-order valence-electron chi connectivity index (χ2n) is 8.03. The van der Waals surface area contributed by atoms with Crippen molar-refractivity contribution in [1.29, 1.82) is 0 Å². The van der Waals surface area contributed by atoms with Crippen LogP contribution in [0.2, 0.25) is 5.02 Å². The maximum atomic E-state index is 13.0. The molecule has 2 aromatic rings. The van der Waals surface area contributed by atoms with Gasteiger partial charge in [-0.2, -0.15) is 0 Å². The Labute approximate surface area is 183 Å². The first-order valence-corrected chi connectivity index (χ1v) is 10.9. The van der Waals surface area contributed by atoms with E-state index in [0.717, 1.165) is 24.8 Å². The molecular formula is C25H28ClNO3. The molecular weight excluding hydrogens is 398 g/mol. The van der Waals surface area contributed by atoms with Crippen LogP contribution in [0.15, 0.2) is 54.1 Å². The van der Waals surface area contributed by atoms with Gasteiger partial charge >= 0.3 is 0 Å². The highest BCUT2D eigenvalue weighted by atomic mass is 35.5. The Balaban J connectivity index is 2.10. The first-order chi connectivity index (χ1) is 14.3. The fourth-order valence-electron chi connectivity index (χ4n) is 3.82. The SMILES string of the molecule is CCCCCN1C(=O)C(=O)/C(=C(\O)c2ccc(Cl)cc2)C1c1ccc(C(C)C)cc1. The number of hydrogen-bond acceptors (Lipinski definition) is 3. The lowest BCUT2D eigenvalue weighted by atomic mass is 9.93. The van der Waals surface area contributed by atoms with Gasteiger partial charge in [0.2, 0.25) is 0 Å². The van der Waals surface area contributed by atoms with Crippen molar-refractivity contribution in [3.8, 4) is 0 Å². The summed E-state index contributed by atoms with van der Waals surface area (Å²) >= 11 is 5.96. The molecule has 1 heterocycles. The summed E-state index contributed by atoms with van der Waals surface area (Å²) in [6.07, 6.45) is 2.80. The number of nitrogens with zero attached hydrogens (tertiary/aromatic N) is 1. The van der Waals surface area contributed by atoms with E-state index in [1.165, 1.54) is 5.56 Å². The summed E-state index contributed by atoms with van der Waals surface area (Å²) in [6.45, 7) is 6.81. The Bertz CT molecular complexity index is 945. The molecule has 1 atom stereocenters. The van der Waals surface area contributed by atoms with Crippen LogP contribution >= 0.6 is 11.6 Å². The molecule has 3 rings (SSSR count). The maximum absolute atomic E-state index is 13.0. The number of hydrogen-bond donors (Lipinski definition) is 1. The van der Waals surface area contributed by atoms with Gasteiger partial charge in [0.15, 0.2) is 0 Å². The first kappa shape index (κ1) is 22.1. The number of ketones is 1. The molecule has 1 amide bonds. The second-order valence-corrected chi connectivity index (χ2v) is 8.46. The number of amides is 1. The van der Waals surface area contributed by atoms with Gasteiger partial charge in [0.1, 0.15) is 5.76 Å². The fraction of sp³-hybridized carbons (Fsp3) is 0.360. The van der Waals surface area contributed by atoms with Crippen LogP contribution in [0, 0.1) is 0 Å². The quantitative estimate of drug-likeness (QED) is 0.253. The Hall–Kier alpha value is -2.59. The molecule has 1 saturated heterocycles. The van der Waals surface area contributed by atoms with Crippen molar-refractivity contribution >= 4 is 29.1 Å². The minimum absolute atomic E-state index is 0.135. The summed E-state index contributed by atoms with van der Waals surface area (Å²) in [5.74, 6) is -0.985. The number of Topliss-reactive ketones (excluding diaryl/α,β-unsaturated/α-hetero) is 1. The summed E-state index contributed by atoms with van der Waals surface area (Å²) < 4.78 is 0. The van der Waals surface area contributed by atoms with E-state index in [1.54, 1.807) is 29.2 Å². The van der Waals surface area contributed by atoms with Gasteiger partial charge in [-0.1, -0.05) is 69.5 Å². The van der Waals surface area contributed by atoms with E-state index in [9.17, 15) is 14.7 Å². The van der Waals surface area contributed by atoms with Crippen LogP contribution in [0.5, 0.6) is 0 Å². The molecule has 2 aromatic carbocycles. The van der Waals surface area contributed by atoms with Gasteiger partial charge < -0.3 is 10.0 Å². The zero-order valence-electron chi connectivity index (χ0n) is 17.7. The number of likely N-dealkylation sites (tertiary alicyclic amines) is 1. The van der Waals surface area contributed by atoms with E-state index in [2.05, 4.69) is 20.8 Å². The van der Waals surface area contributed by atoms with Crippen molar-refractivity contribution in [1.82, 2.24) is 4.90 Å². The predicted molar refractivity (Wildman–Crippen MR) is 121 cm³/mol. The molecule has 0 saturated carbocycles. The number of carbonyl (C=O) groups is 2. The van der Waals surface area contributed by atoms with Gasteiger partial charge in [0, 0.05) is 17.1 Å². The van der Waals surface area contributed by atoms with Crippen molar-refractivity contribution in [2.45, 2.75) is 52.0 Å². The number of aliphatic hydroxyl groups is 1. The van der Waals surface area contributed by atoms with Crippen LogP contribution in [0.3, 0.4) is 0 Å². The molecule has 158 valence electrons. The van der Waals surface area contributed by atoms with E-state index >= 15 is 0 Å². The van der Waals surface area contributed by atoms with Crippen molar-refractivity contribution < 1.29 is 14.7 Å². The van der Waals surface area contributed by atoms with Gasteiger partial charge in [0.25, 0.3) is 11.7 Å². The molecule has 5 heteroatoms. The third-order valence-corrected chi connectivity index (χ3v) is 5.83. The smallest absolute Gasteiger partial charge is 0.295 e. The lowest BCUT2D eigenvalue weighted by Gasteiger charge is -2.25. The molecule has 0 spiro atoms. The monoisotopic (exact) mass is 425 g/mol. The molecule has 1 N–H and O–H groups in total. The molecule has 0 aliphatic carbocycles. The third kappa shape index (κ3) is 4.44. The highest BCUT2D eigenvalue weighted by Gasteiger charge is 2.45. The van der Waals surface area contributed by atoms with Crippen molar-refractivity contribution in [2.75, 3.05) is 6.54 Å². The highest BCUT2D eigenvalue weighted by molar-refractivity contribution is 6.46. The van der Waals surface area contributed by atoms with E-state index < -0.39 is 17.7 Å². The third-order valence-electron chi connectivity index (χ3n) is 5.58. The van der Waals surface area contributed by atoms with E-state index in [1.807, 2.05) is 24.3 Å². The largest absolute Gasteiger partial charge is 0.507 e. The minimum Gasteiger partial charge on any atom is -0.507 e. The van der Waals surface area contributed by atoms with Crippen LogP contribution < -0.4 is 0 Å². The number of benzene rings is 2. The zero-order valence-corrected chi connectivity index (χ0v) is 18.4. The van der Waals surface area contributed by atoms with Crippen molar-refractivity contribution in [3.05, 3.63) is 75.8 Å². The standard InChI is InChI=1S/C25H28ClNO3/c1-4-5-6-15-27-22(18-9-7-17(8-10-18)16(2)3)21(24(29)25(27)30)23(28)19-11-13-20(26)14-12-19/h7-14,16,22,28H,4-6,15H2,1-3H3/b23-21-. The number of rotatable bonds is 7. The molecule has 0 aromatic heterocycles. The van der Waals surface area contributed by atoms with Crippen LogP contribution in [-0.4, -0.2) is 28.2 Å². The average Bonchev–Trinajstić information content (AvgIpc) is 2.99. The molecule has 1 fully saturated rings. The van der Waals surface area contributed by atoms with Gasteiger partial charge in [0.05, 0.1) is 11.6 Å². The molecule has 1 aliphatic heterocycles. The Morgan fingerprint density at radius 2 is 1.67 bits per heavy atom.